The maximum Gasteiger partial charge on any atom is 0.258 e. The highest BCUT2D eigenvalue weighted by atomic mass is 79.9. The number of carbonyl (C=O) groups excluding carboxylic acids is 1. The van der Waals surface area contributed by atoms with Crippen LogP contribution in [0.1, 0.15) is 10.4 Å². The Balaban J connectivity index is 1.85. The van der Waals surface area contributed by atoms with Gasteiger partial charge in [-0.05, 0) is 24.3 Å². The van der Waals surface area contributed by atoms with Gasteiger partial charge >= 0.3 is 0 Å². The Morgan fingerprint density at radius 2 is 2.14 bits per heavy atom. The molecule has 0 bridgehead atoms. The second-order valence-corrected chi connectivity index (χ2v) is 5.61. The monoisotopic (exact) mass is 377 g/mol. The zero-order valence-corrected chi connectivity index (χ0v) is 13.4. The minimum atomic E-state index is -0.351. The smallest absolute Gasteiger partial charge is 0.258 e. The van der Waals surface area contributed by atoms with Crippen LogP contribution in [0.3, 0.4) is 0 Å². The van der Waals surface area contributed by atoms with Crippen LogP contribution in [-0.4, -0.2) is 25.7 Å². The van der Waals surface area contributed by atoms with E-state index in [1.165, 1.54) is 6.33 Å². The molecule has 1 amide bonds. The third-order valence-electron chi connectivity index (χ3n) is 2.81. The highest BCUT2D eigenvalue weighted by Crippen LogP contribution is 2.22. The molecular weight excluding hydrogens is 370 g/mol. The van der Waals surface area contributed by atoms with Crippen molar-refractivity contribution < 1.29 is 4.79 Å². The number of carbonyl (C=O) groups is 1. The summed E-state index contributed by atoms with van der Waals surface area (Å²) in [6.07, 6.45) is 4.75. The molecule has 2 aromatic heterocycles. The van der Waals surface area contributed by atoms with Gasteiger partial charge in [-0.3, -0.25) is 4.79 Å². The van der Waals surface area contributed by atoms with Gasteiger partial charge in [0.25, 0.3) is 5.91 Å². The lowest BCUT2D eigenvalue weighted by molar-refractivity contribution is 0.102. The van der Waals surface area contributed by atoms with Gasteiger partial charge in [-0.1, -0.05) is 27.5 Å². The van der Waals surface area contributed by atoms with E-state index in [-0.39, 0.29) is 5.91 Å². The molecule has 0 aliphatic heterocycles. The van der Waals surface area contributed by atoms with E-state index in [9.17, 15) is 4.79 Å². The Bertz CT molecular complexity index is 822. The Labute approximate surface area is 139 Å². The van der Waals surface area contributed by atoms with E-state index in [0.29, 0.717) is 22.2 Å². The van der Waals surface area contributed by atoms with Gasteiger partial charge in [0.1, 0.15) is 12.1 Å². The molecule has 0 saturated heterocycles. The van der Waals surface area contributed by atoms with Gasteiger partial charge in [0, 0.05) is 22.9 Å². The van der Waals surface area contributed by atoms with Gasteiger partial charge in [-0.15, -0.1) is 0 Å². The molecule has 0 unspecified atom stereocenters. The first-order chi connectivity index (χ1) is 10.6. The van der Waals surface area contributed by atoms with Crippen molar-refractivity contribution in [1.82, 2.24) is 19.7 Å². The molecule has 0 radical (unpaired) electrons. The van der Waals surface area contributed by atoms with Gasteiger partial charge in [-0.25, -0.2) is 14.6 Å². The predicted octanol–water partition coefficient (Wildman–Crippen LogP) is 3.33. The molecule has 8 heteroatoms. The van der Waals surface area contributed by atoms with Gasteiger partial charge < -0.3 is 5.32 Å². The lowest BCUT2D eigenvalue weighted by Gasteiger charge is -2.07. The maximum atomic E-state index is 12.3. The predicted molar refractivity (Wildman–Crippen MR) is 86.3 cm³/mol. The molecule has 1 N–H and O–H groups in total. The van der Waals surface area contributed by atoms with Crippen molar-refractivity contribution in [3.63, 3.8) is 0 Å². The zero-order valence-electron chi connectivity index (χ0n) is 11.1. The van der Waals surface area contributed by atoms with Crippen molar-refractivity contribution >= 4 is 39.3 Å². The molecule has 0 fully saturated rings. The van der Waals surface area contributed by atoms with E-state index in [1.54, 1.807) is 47.4 Å². The summed E-state index contributed by atoms with van der Waals surface area (Å²) in [4.78, 5) is 20.4. The highest BCUT2D eigenvalue weighted by Gasteiger charge is 2.12. The fraction of sp³-hybridized carbons (Fsp3) is 0. The summed E-state index contributed by atoms with van der Waals surface area (Å²) in [7, 11) is 0. The second kappa shape index (κ2) is 6.25. The molecule has 110 valence electrons. The summed E-state index contributed by atoms with van der Waals surface area (Å²) < 4.78 is 2.34. The van der Waals surface area contributed by atoms with Crippen molar-refractivity contribution in [2.45, 2.75) is 0 Å². The molecular formula is C14H9BrClN5O. The van der Waals surface area contributed by atoms with Crippen LogP contribution in [0.25, 0.3) is 5.82 Å². The van der Waals surface area contributed by atoms with Crippen molar-refractivity contribution in [1.29, 1.82) is 0 Å². The quantitative estimate of drug-likeness (QED) is 0.759. The Kier molecular flexibility index (Phi) is 4.17. The number of nitrogens with one attached hydrogen (secondary N) is 1. The number of hydrogen-bond acceptors (Lipinski definition) is 4. The summed E-state index contributed by atoms with van der Waals surface area (Å²) in [5.74, 6) is 0.564. The number of benzene rings is 1. The topological polar surface area (TPSA) is 72.7 Å². The van der Waals surface area contributed by atoms with Crippen LogP contribution in [0.5, 0.6) is 0 Å². The number of aromatic nitrogens is 4. The van der Waals surface area contributed by atoms with E-state index in [1.807, 2.05) is 0 Å². The molecule has 22 heavy (non-hydrogen) atoms. The first-order valence-electron chi connectivity index (χ1n) is 6.22. The van der Waals surface area contributed by atoms with Crippen LogP contribution in [-0.2, 0) is 0 Å². The van der Waals surface area contributed by atoms with E-state index in [0.717, 1.165) is 4.47 Å². The molecule has 0 atom stereocenters. The van der Waals surface area contributed by atoms with E-state index in [4.69, 9.17) is 11.6 Å². The minimum Gasteiger partial charge on any atom is -0.306 e. The van der Waals surface area contributed by atoms with Crippen LogP contribution in [0, 0.1) is 0 Å². The zero-order chi connectivity index (χ0) is 15.5. The number of nitrogens with zero attached hydrogens (tertiary/aromatic N) is 4. The lowest BCUT2D eigenvalue weighted by atomic mass is 10.2. The lowest BCUT2D eigenvalue weighted by Crippen LogP contribution is -2.14. The number of halogens is 2. The maximum absolute atomic E-state index is 12.3. The van der Waals surface area contributed by atoms with Gasteiger partial charge in [0.05, 0.1) is 10.6 Å². The molecule has 6 nitrogen and oxygen atoms in total. The van der Waals surface area contributed by atoms with Gasteiger partial charge in [0.2, 0.25) is 0 Å². The fourth-order valence-corrected chi connectivity index (χ4v) is 2.36. The van der Waals surface area contributed by atoms with Gasteiger partial charge in [-0.2, -0.15) is 5.10 Å². The van der Waals surface area contributed by atoms with Crippen LogP contribution >= 0.6 is 27.5 Å². The fourth-order valence-electron chi connectivity index (χ4n) is 1.80. The van der Waals surface area contributed by atoms with Crippen LogP contribution in [0.4, 0.5) is 5.82 Å². The molecule has 2 heterocycles. The largest absolute Gasteiger partial charge is 0.306 e. The van der Waals surface area contributed by atoms with E-state index in [2.05, 4.69) is 36.3 Å². The summed E-state index contributed by atoms with van der Waals surface area (Å²) in [5.41, 5.74) is 0.357. The van der Waals surface area contributed by atoms with Crippen molar-refractivity contribution in [3.8, 4) is 5.82 Å². The number of hydrogen-bond donors (Lipinski definition) is 1. The first kappa shape index (κ1) is 14.7. The van der Waals surface area contributed by atoms with E-state index < -0.39 is 0 Å². The highest BCUT2D eigenvalue weighted by molar-refractivity contribution is 9.10. The molecule has 1 aromatic carbocycles. The SMILES string of the molecule is O=C(Nc1cc(-n2cccn2)ncn1)c1cc(Br)ccc1Cl. The van der Waals surface area contributed by atoms with Crippen molar-refractivity contribution in [3.05, 3.63) is 64.1 Å². The summed E-state index contributed by atoms with van der Waals surface area (Å²) >= 11 is 9.35. The molecule has 0 aliphatic rings. The van der Waals surface area contributed by atoms with E-state index >= 15 is 0 Å². The van der Waals surface area contributed by atoms with Crippen molar-refractivity contribution in [2.24, 2.45) is 0 Å². The van der Waals surface area contributed by atoms with Crippen molar-refractivity contribution in [2.75, 3.05) is 5.32 Å². The number of rotatable bonds is 3. The molecule has 0 aliphatic carbocycles. The van der Waals surface area contributed by atoms with Crippen LogP contribution in [0.15, 0.2) is 53.5 Å². The summed E-state index contributed by atoms with van der Waals surface area (Å²) in [5, 5.41) is 7.13. The standard InChI is InChI=1S/C14H9BrClN5O/c15-9-2-3-11(16)10(6-9)14(22)20-12-7-13(18-8-17-12)21-5-1-4-19-21/h1-8H,(H,17,18,20,22). The number of amides is 1. The first-order valence-corrected chi connectivity index (χ1v) is 7.39. The molecule has 3 rings (SSSR count). The third kappa shape index (κ3) is 3.15. The Morgan fingerprint density at radius 1 is 1.27 bits per heavy atom. The van der Waals surface area contributed by atoms with Crippen LogP contribution < -0.4 is 5.32 Å². The average molecular weight is 379 g/mol. The summed E-state index contributed by atoms with van der Waals surface area (Å²) in [6, 6.07) is 8.46. The number of anilines is 1. The van der Waals surface area contributed by atoms with Crippen LogP contribution in [0.2, 0.25) is 5.02 Å². The third-order valence-corrected chi connectivity index (χ3v) is 3.63. The van der Waals surface area contributed by atoms with Gasteiger partial charge in [0.15, 0.2) is 5.82 Å². The Hall–Kier alpha value is -2.25. The molecule has 3 aromatic rings. The second-order valence-electron chi connectivity index (χ2n) is 4.29. The minimum absolute atomic E-state index is 0.351. The normalized spacial score (nSPS) is 10.5. The molecule has 0 spiro atoms. The summed E-state index contributed by atoms with van der Waals surface area (Å²) in [6.45, 7) is 0. The molecule has 0 saturated carbocycles. The Morgan fingerprint density at radius 3 is 2.91 bits per heavy atom. The average Bonchev–Trinajstić information content (AvgIpc) is 3.04.